The topological polar surface area (TPSA) is 147 Å². The number of aliphatic carboxylic acids is 1. The molecule has 1 aliphatic heterocycles. The van der Waals surface area contributed by atoms with Gasteiger partial charge in [-0.05, 0) is 72.2 Å². The number of carbonyl (C=O) groups is 2. The van der Waals surface area contributed by atoms with Crippen molar-refractivity contribution in [1.82, 2.24) is 10.2 Å². The molecule has 1 aliphatic rings. The van der Waals surface area contributed by atoms with E-state index in [4.69, 9.17) is 4.74 Å². The minimum atomic E-state index is -3.43. The summed E-state index contributed by atoms with van der Waals surface area (Å²) in [4.78, 5) is 27.4. The Bertz CT molecular complexity index is 1840. The predicted molar refractivity (Wildman–Crippen MR) is 209 cm³/mol. The maximum atomic E-state index is 13.5. The SMILES string of the molecule is C#C.CCC(C)CC.Cc1ccccc1-c1cc(CN2CC(S(C)(=O)=O)C[C@H]2COc2ccccc2)ccc1C(=O)NC(CCS(C)(=O)=O)C(=O)O. The van der Waals surface area contributed by atoms with Crippen molar-refractivity contribution in [3.63, 3.8) is 0 Å². The summed E-state index contributed by atoms with van der Waals surface area (Å²) in [6.07, 6.45) is 13.1. The second-order valence-corrected chi connectivity index (χ2v) is 17.9. The van der Waals surface area contributed by atoms with Crippen LogP contribution in [0, 0.1) is 25.7 Å². The van der Waals surface area contributed by atoms with E-state index in [9.17, 15) is 31.5 Å². The highest BCUT2D eigenvalue weighted by Crippen LogP contribution is 2.31. The van der Waals surface area contributed by atoms with E-state index in [2.05, 4.69) is 43.8 Å². The van der Waals surface area contributed by atoms with Gasteiger partial charge in [0.15, 0.2) is 9.84 Å². The molecule has 1 heterocycles. The first-order chi connectivity index (χ1) is 24.5. The van der Waals surface area contributed by atoms with E-state index in [1.54, 1.807) is 12.1 Å². The van der Waals surface area contributed by atoms with Gasteiger partial charge in [-0.3, -0.25) is 9.69 Å². The van der Waals surface area contributed by atoms with E-state index < -0.39 is 42.8 Å². The van der Waals surface area contributed by atoms with Gasteiger partial charge in [-0.2, -0.15) is 0 Å². The lowest BCUT2D eigenvalue weighted by Gasteiger charge is -2.25. The van der Waals surface area contributed by atoms with Crippen molar-refractivity contribution in [3.05, 3.63) is 89.5 Å². The first kappa shape index (κ1) is 44.0. The van der Waals surface area contributed by atoms with Crippen molar-refractivity contribution in [2.75, 3.05) is 31.4 Å². The summed E-state index contributed by atoms with van der Waals surface area (Å²) in [5, 5.41) is 11.6. The molecule has 0 spiro atoms. The molecule has 0 saturated carbocycles. The Kier molecular flexibility index (Phi) is 17.6. The van der Waals surface area contributed by atoms with Crippen LogP contribution in [-0.4, -0.2) is 87.5 Å². The smallest absolute Gasteiger partial charge is 0.326 e. The maximum Gasteiger partial charge on any atom is 0.326 e. The second kappa shape index (κ2) is 20.8. The fourth-order valence-electron chi connectivity index (χ4n) is 5.66. The van der Waals surface area contributed by atoms with Gasteiger partial charge in [0.05, 0.1) is 11.0 Å². The van der Waals surface area contributed by atoms with Crippen LogP contribution in [0.3, 0.4) is 0 Å². The quantitative estimate of drug-likeness (QED) is 0.177. The highest BCUT2D eigenvalue weighted by Gasteiger charge is 2.38. The molecule has 2 N–H and O–H groups in total. The number of para-hydroxylation sites is 1. The molecule has 1 amide bonds. The number of rotatable bonds is 15. The Morgan fingerprint density at radius 1 is 0.942 bits per heavy atom. The van der Waals surface area contributed by atoms with Crippen LogP contribution in [0.4, 0.5) is 0 Å². The van der Waals surface area contributed by atoms with Gasteiger partial charge < -0.3 is 15.2 Å². The lowest BCUT2D eigenvalue weighted by molar-refractivity contribution is -0.139. The number of sulfone groups is 2. The summed E-state index contributed by atoms with van der Waals surface area (Å²) in [5.74, 6) is -0.709. The van der Waals surface area contributed by atoms with Gasteiger partial charge in [-0.1, -0.05) is 82.1 Å². The molecular weight excluding hydrogens is 701 g/mol. The standard InChI is InChI=1S/C32H38N2O8S2.C6H14.C2H2/c1-22-9-7-8-12-27(22)29-17-23(13-14-28(29)31(35)33-30(32(36)37)15-16-43(2,38)39)19-34-20-26(44(3,40)41)18-24(34)21-42-25-10-5-4-6-11-25;1-4-6(3)5-2;1-2/h4-14,17,24,26,30H,15-16,18-21H2,1-3H3,(H,33,35)(H,36,37);6H,4-5H2,1-3H3;1-2H/t24-,26?,30?;;/m0../s1. The van der Waals surface area contributed by atoms with Crippen molar-refractivity contribution in [2.24, 2.45) is 5.92 Å². The fraction of sp³-hybridized carbons (Fsp3) is 0.450. The molecule has 3 aromatic carbocycles. The third-order valence-corrected chi connectivity index (χ3v) is 11.7. The van der Waals surface area contributed by atoms with Gasteiger partial charge in [0.1, 0.15) is 28.2 Å². The zero-order chi connectivity index (χ0) is 39.1. The third kappa shape index (κ3) is 14.1. The predicted octanol–water partition coefficient (Wildman–Crippen LogP) is 6.04. The number of nitrogens with one attached hydrogen (secondary N) is 1. The molecule has 12 heteroatoms. The largest absolute Gasteiger partial charge is 0.492 e. The molecule has 0 radical (unpaired) electrons. The summed E-state index contributed by atoms with van der Waals surface area (Å²) in [6.45, 7) is 9.70. The fourth-order valence-corrected chi connectivity index (χ4v) is 7.36. The Morgan fingerprint density at radius 3 is 2.10 bits per heavy atom. The van der Waals surface area contributed by atoms with Crippen LogP contribution in [0.15, 0.2) is 72.8 Å². The van der Waals surface area contributed by atoms with E-state index in [0.29, 0.717) is 37.4 Å². The van der Waals surface area contributed by atoms with Crippen molar-refractivity contribution < 1.29 is 36.3 Å². The number of hydrogen-bond donors (Lipinski definition) is 2. The van der Waals surface area contributed by atoms with E-state index in [1.165, 1.54) is 19.1 Å². The van der Waals surface area contributed by atoms with Crippen molar-refractivity contribution in [3.8, 4) is 29.7 Å². The normalized spacial score (nSPS) is 16.5. The molecule has 0 bridgehead atoms. The molecule has 0 aromatic heterocycles. The van der Waals surface area contributed by atoms with Crippen molar-refractivity contribution in [2.45, 2.75) is 77.3 Å². The van der Waals surface area contributed by atoms with Crippen molar-refractivity contribution >= 4 is 31.6 Å². The number of hydrogen-bond acceptors (Lipinski definition) is 8. The summed E-state index contributed by atoms with van der Waals surface area (Å²) >= 11 is 0. The minimum absolute atomic E-state index is 0.161. The number of carboxylic acid groups (broad SMARTS) is 1. The van der Waals surface area contributed by atoms with Gasteiger partial charge in [0.2, 0.25) is 0 Å². The molecule has 52 heavy (non-hydrogen) atoms. The average molecular weight is 755 g/mol. The van der Waals surface area contributed by atoms with Crippen LogP contribution in [0.25, 0.3) is 11.1 Å². The van der Waals surface area contributed by atoms with Crippen LogP contribution >= 0.6 is 0 Å². The van der Waals surface area contributed by atoms with E-state index in [0.717, 1.165) is 28.9 Å². The molecular formula is C40H54N2O8S2. The second-order valence-electron chi connectivity index (χ2n) is 13.3. The molecule has 2 unspecified atom stereocenters. The Balaban J connectivity index is 0.00000106. The number of benzene rings is 3. The van der Waals surface area contributed by atoms with Gasteiger partial charge in [0, 0.05) is 37.2 Å². The van der Waals surface area contributed by atoms with Crippen LogP contribution in [0.1, 0.15) is 67.9 Å². The molecule has 284 valence electrons. The number of nitrogens with zero attached hydrogens (tertiary/aromatic N) is 1. The molecule has 10 nitrogen and oxygen atoms in total. The van der Waals surface area contributed by atoms with Crippen molar-refractivity contribution in [1.29, 1.82) is 0 Å². The number of ether oxygens (including phenoxy) is 1. The van der Waals surface area contributed by atoms with Crippen LogP contribution in [-0.2, 0) is 31.0 Å². The minimum Gasteiger partial charge on any atom is -0.492 e. The molecule has 0 aliphatic carbocycles. The zero-order valence-electron chi connectivity index (χ0n) is 31.1. The van der Waals surface area contributed by atoms with Gasteiger partial charge in [-0.25, -0.2) is 21.6 Å². The Morgan fingerprint density at radius 2 is 1.56 bits per heavy atom. The number of carboxylic acids is 1. The lowest BCUT2D eigenvalue weighted by atomic mass is 9.93. The highest BCUT2D eigenvalue weighted by atomic mass is 32.2. The summed E-state index contributed by atoms with van der Waals surface area (Å²) in [6, 6.07) is 20.5. The van der Waals surface area contributed by atoms with Crippen LogP contribution in [0.5, 0.6) is 5.75 Å². The monoisotopic (exact) mass is 754 g/mol. The average Bonchev–Trinajstić information content (AvgIpc) is 3.53. The molecule has 1 saturated heterocycles. The van der Waals surface area contributed by atoms with Crippen LogP contribution < -0.4 is 10.1 Å². The Hall–Kier alpha value is -4.18. The van der Waals surface area contributed by atoms with Gasteiger partial charge in [-0.15, -0.1) is 12.8 Å². The first-order valence-corrected chi connectivity index (χ1v) is 21.4. The van der Waals surface area contributed by atoms with E-state index >= 15 is 0 Å². The third-order valence-electron chi connectivity index (χ3n) is 9.20. The van der Waals surface area contributed by atoms with Crippen LogP contribution in [0.2, 0.25) is 0 Å². The van der Waals surface area contributed by atoms with E-state index in [1.807, 2.05) is 67.6 Å². The Labute approximate surface area is 310 Å². The maximum absolute atomic E-state index is 13.5. The lowest BCUT2D eigenvalue weighted by Crippen LogP contribution is -2.42. The number of likely N-dealkylation sites (tertiary alicyclic amines) is 1. The number of carbonyl (C=O) groups excluding carboxylic acids is 1. The molecule has 3 aromatic rings. The number of terminal acetylenes is 1. The van der Waals surface area contributed by atoms with Gasteiger partial charge in [0.25, 0.3) is 5.91 Å². The molecule has 1 fully saturated rings. The highest BCUT2D eigenvalue weighted by molar-refractivity contribution is 7.91. The molecule has 4 rings (SSSR count). The first-order valence-electron chi connectivity index (χ1n) is 17.4. The molecule has 3 atom stereocenters. The van der Waals surface area contributed by atoms with Gasteiger partial charge >= 0.3 is 5.97 Å². The number of aryl methyl sites for hydroxylation is 1. The zero-order valence-corrected chi connectivity index (χ0v) is 32.8. The number of amides is 1. The van der Waals surface area contributed by atoms with E-state index in [-0.39, 0.29) is 23.8 Å². The summed E-state index contributed by atoms with van der Waals surface area (Å²) < 4.78 is 54.3. The summed E-state index contributed by atoms with van der Waals surface area (Å²) in [5.41, 5.74) is 3.35. The summed E-state index contributed by atoms with van der Waals surface area (Å²) in [7, 11) is -6.72.